The standard InChI is InChI=1S/C22H26N6O/c1-12-7-13(8-18-15(12)11-24-27-18)25-21(29)28-14-5-6-19(28)16-10-23-20(22(2,3)4)26-17(16)9-14/h7-8,10-11,14,19H,5-6,9H2,1-4H3,(H,24,27)(H,25,29). The Morgan fingerprint density at radius 2 is 2.07 bits per heavy atom. The molecule has 0 saturated carbocycles. The predicted octanol–water partition coefficient (Wildman–Crippen LogP) is 4.25. The van der Waals surface area contributed by atoms with Crippen LogP contribution in [0, 0.1) is 6.92 Å². The third-order valence-electron chi connectivity index (χ3n) is 6.11. The molecule has 2 bridgehead atoms. The highest BCUT2D eigenvalue weighted by Crippen LogP contribution is 2.43. The molecule has 4 heterocycles. The van der Waals surface area contributed by atoms with Crippen molar-refractivity contribution in [2.45, 2.75) is 64.5 Å². The number of amides is 2. The zero-order valence-corrected chi connectivity index (χ0v) is 17.3. The largest absolute Gasteiger partial charge is 0.322 e. The highest BCUT2D eigenvalue weighted by Gasteiger charge is 2.43. The molecule has 3 aromatic rings. The normalized spacial score (nSPS) is 20.8. The number of aromatic amines is 1. The maximum Gasteiger partial charge on any atom is 0.322 e. The Kier molecular flexibility index (Phi) is 3.91. The van der Waals surface area contributed by atoms with E-state index in [1.54, 1.807) is 0 Å². The summed E-state index contributed by atoms with van der Waals surface area (Å²) >= 11 is 0. The van der Waals surface area contributed by atoms with Gasteiger partial charge < -0.3 is 10.2 Å². The van der Waals surface area contributed by atoms with E-state index in [-0.39, 0.29) is 23.5 Å². The summed E-state index contributed by atoms with van der Waals surface area (Å²) in [5, 5.41) is 11.2. The zero-order chi connectivity index (χ0) is 20.3. The van der Waals surface area contributed by atoms with Crippen LogP contribution in [0.4, 0.5) is 10.5 Å². The molecule has 0 radical (unpaired) electrons. The van der Waals surface area contributed by atoms with E-state index >= 15 is 0 Å². The fraction of sp³-hybridized carbons (Fsp3) is 0.455. The number of H-pyrrole nitrogens is 1. The van der Waals surface area contributed by atoms with Crippen LogP contribution in [-0.2, 0) is 11.8 Å². The van der Waals surface area contributed by atoms with Gasteiger partial charge in [0.05, 0.1) is 23.4 Å². The van der Waals surface area contributed by atoms with Crippen LogP contribution in [0.1, 0.15) is 62.3 Å². The fourth-order valence-electron chi connectivity index (χ4n) is 4.64. The fourth-order valence-corrected chi connectivity index (χ4v) is 4.64. The number of aromatic nitrogens is 4. The molecule has 1 saturated heterocycles. The van der Waals surface area contributed by atoms with Gasteiger partial charge in [-0.2, -0.15) is 5.10 Å². The number of anilines is 1. The molecule has 29 heavy (non-hydrogen) atoms. The second kappa shape index (κ2) is 6.27. The van der Waals surface area contributed by atoms with Gasteiger partial charge >= 0.3 is 6.03 Å². The van der Waals surface area contributed by atoms with Gasteiger partial charge in [0.1, 0.15) is 5.82 Å². The van der Waals surface area contributed by atoms with Crippen molar-refractivity contribution in [1.82, 2.24) is 25.1 Å². The van der Waals surface area contributed by atoms with Crippen molar-refractivity contribution in [1.29, 1.82) is 0 Å². The molecule has 1 fully saturated rings. The molecule has 2 N–H and O–H groups in total. The average Bonchev–Trinajstić information content (AvgIpc) is 3.25. The Labute approximate surface area is 169 Å². The minimum atomic E-state index is -0.0776. The third kappa shape index (κ3) is 2.96. The molecule has 2 aliphatic rings. The highest BCUT2D eigenvalue weighted by molar-refractivity contribution is 5.94. The van der Waals surface area contributed by atoms with E-state index in [9.17, 15) is 4.79 Å². The van der Waals surface area contributed by atoms with Crippen molar-refractivity contribution in [3.8, 4) is 0 Å². The second-order valence-corrected chi connectivity index (χ2v) is 9.26. The summed E-state index contributed by atoms with van der Waals surface area (Å²) in [4.78, 5) is 24.7. The van der Waals surface area contributed by atoms with Crippen LogP contribution in [0.15, 0.2) is 24.5 Å². The maximum absolute atomic E-state index is 13.2. The van der Waals surface area contributed by atoms with Crippen LogP contribution in [0.5, 0.6) is 0 Å². The van der Waals surface area contributed by atoms with Crippen LogP contribution in [0.2, 0.25) is 0 Å². The van der Waals surface area contributed by atoms with E-state index in [0.29, 0.717) is 0 Å². The first-order chi connectivity index (χ1) is 13.8. The zero-order valence-electron chi connectivity index (χ0n) is 17.3. The van der Waals surface area contributed by atoms with E-state index in [0.717, 1.165) is 58.5 Å². The molecule has 2 unspecified atom stereocenters. The van der Waals surface area contributed by atoms with Crippen molar-refractivity contribution in [2.75, 3.05) is 5.32 Å². The van der Waals surface area contributed by atoms with E-state index in [1.165, 1.54) is 0 Å². The van der Waals surface area contributed by atoms with Gasteiger partial charge in [0.15, 0.2) is 0 Å². The van der Waals surface area contributed by atoms with Gasteiger partial charge in [0.2, 0.25) is 0 Å². The molecule has 7 nitrogen and oxygen atoms in total. The molecular formula is C22H26N6O. The van der Waals surface area contributed by atoms with Crippen LogP contribution < -0.4 is 5.32 Å². The number of rotatable bonds is 1. The Morgan fingerprint density at radius 3 is 2.86 bits per heavy atom. The smallest absolute Gasteiger partial charge is 0.314 e. The SMILES string of the molecule is Cc1cc(NC(=O)N2C3CCC2c2cnc(C(C)(C)C)nc2C3)cc2[nH]ncc12. The molecule has 150 valence electrons. The lowest BCUT2D eigenvalue weighted by atomic mass is 9.93. The highest BCUT2D eigenvalue weighted by atomic mass is 16.2. The molecule has 7 heteroatoms. The number of benzene rings is 1. The molecule has 1 aromatic carbocycles. The van der Waals surface area contributed by atoms with Crippen LogP contribution in [-0.4, -0.2) is 37.1 Å². The number of hydrogen-bond acceptors (Lipinski definition) is 4. The lowest BCUT2D eigenvalue weighted by Gasteiger charge is -2.36. The number of hydrogen-bond donors (Lipinski definition) is 2. The Bertz CT molecular complexity index is 1110. The summed E-state index contributed by atoms with van der Waals surface area (Å²) in [7, 11) is 0. The van der Waals surface area contributed by atoms with E-state index < -0.39 is 0 Å². The number of fused-ring (bicyclic) bond motifs is 5. The van der Waals surface area contributed by atoms with Gasteiger partial charge in [-0.05, 0) is 37.5 Å². The van der Waals surface area contributed by atoms with E-state index in [2.05, 4.69) is 41.3 Å². The summed E-state index contributed by atoms with van der Waals surface area (Å²) in [5.41, 5.74) is 4.93. The number of carbonyl (C=O) groups is 1. The van der Waals surface area contributed by atoms with Crippen molar-refractivity contribution in [2.24, 2.45) is 0 Å². The molecule has 2 aliphatic heterocycles. The Hall–Kier alpha value is -2.96. The van der Waals surface area contributed by atoms with E-state index in [4.69, 9.17) is 4.98 Å². The summed E-state index contributed by atoms with van der Waals surface area (Å²) in [6, 6.07) is 4.11. The van der Waals surface area contributed by atoms with Crippen molar-refractivity contribution >= 4 is 22.6 Å². The first-order valence-corrected chi connectivity index (χ1v) is 10.2. The Balaban J connectivity index is 1.42. The lowest BCUT2D eigenvalue weighted by Crippen LogP contribution is -2.44. The third-order valence-corrected chi connectivity index (χ3v) is 6.11. The summed E-state index contributed by atoms with van der Waals surface area (Å²) in [5.74, 6) is 0.872. The van der Waals surface area contributed by atoms with Crippen LogP contribution in [0.25, 0.3) is 10.9 Å². The molecule has 2 aromatic heterocycles. The monoisotopic (exact) mass is 390 g/mol. The number of nitrogens with one attached hydrogen (secondary N) is 2. The first kappa shape index (κ1) is 18.1. The summed E-state index contributed by atoms with van der Waals surface area (Å²) in [6.45, 7) is 8.41. The second-order valence-electron chi connectivity index (χ2n) is 9.26. The number of carbonyl (C=O) groups excluding carboxylic acids is 1. The van der Waals surface area contributed by atoms with Crippen molar-refractivity contribution in [3.63, 3.8) is 0 Å². The van der Waals surface area contributed by atoms with Gasteiger partial charge in [0.25, 0.3) is 0 Å². The molecule has 0 spiro atoms. The molecule has 0 aliphatic carbocycles. The molecule has 2 atom stereocenters. The minimum Gasteiger partial charge on any atom is -0.314 e. The van der Waals surface area contributed by atoms with Crippen molar-refractivity contribution in [3.05, 3.63) is 47.2 Å². The van der Waals surface area contributed by atoms with Gasteiger partial charge in [0, 0.05) is 40.7 Å². The minimum absolute atomic E-state index is 0.0507. The van der Waals surface area contributed by atoms with Crippen LogP contribution >= 0.6 is 0 Å². The van der Waals surface area contributed by atoms with Gasteiger partial charge in [-0.25, -0.2) is 14.8 Å². The lowest BCUT2D eigenvalue weighted by molar-refractivity contribution is 0.178. The average molecular weight is 390 g/mol. The molecule has 5 rings (SSSR count). The summed E-state index contributed by atoms with van der Waals surface area (Å²) < 4.78 is 0. The molecule has 2 amide bonds. The van der Waals surface area contributed by atoms with Crippen LogP contribution in [0.3, 0.4) is 0 Å². The van der Waals surface area contributed by atoms with Gasteiger partial charge in [-0.15, -0.1) is 0 Å². The summed E-state index contributed by atoms with van der Waals surface area (Å²) in [6.07, 6.45) is 6.50. The molecular weight excluding hydrogens is 364 g/mol. The quantitative estimate of drug-likeness (QED) is 0.650. The number of urea groups is 1. The Morgan fingerprint density at radius 1 is 1.24 bits per heavy atom. The van der Waals surface area contributed by atoms with E-state index in [1.807, 2.05) is 36.4 Å². The van der Waals surface area contributed by atoms with Crippen molar-refractivity contribution < 1.29 is 4.79 Å². The predicted molar refractivity (Wildman–Crippen MR) is 112 cm³/mol. The van der Waals surface area contributed by atoms with Gasteiger partial charge in [-0.3, -0.25) is 5.10 Å². The topological polar surface area (TPSA) is 86.8 Å². The first-order valence-electron chi connectivity index (χ1n) is 10.2. The van der Waals surface area contributed by atoms with Gasteiger partial charge in [-0.1, -0.05) is 20.8 Å². The number of aryl methyl sites for hydroxylation is 1. The maximum atomic E-state index is 13.2. The number of nitrogens with zero attached hydrogens (tertiary/aromatic N) is 4.